The monoisotopic (exact) mass is 1000 g/mol. The number of rotatable bonds is 30. The van der Waals surface area contributed by atoms with E-state index in [0.717, 1.165) is 0 Å². The Morgan fingerprint density at radius 2 is 1.15 bits per heavy atom. The van der Waals surface area contributed by atoms with Gasteiger partial charge in [0.2, 0.25) is 47.3 Å². The summed E-state index contributed by atoms with van der Waals surface area (Å²) in [6.07, 6.45) is 1.41. The minimum absolute atomic E-state index is 0.0525. The van der Waals surface area contributed by atoms with Crippen LogP contribution in [-0.4, -0.2) is 152 Å². The summed E-state index contributed by atoms with van der Waals surface area (Å²) in [5, 5.41) is 48.7. The van der Waals surface area contributed by atoms with E-state index in [9.17, 15) is 63.3 Å². The largest absolute Gasteiger partial charge is 0.508 e. The number of aliphatic carboxylic acids is 2. The van der Waals surface area contributed by atoms with Crippen molar-refractivity contribution in [2.75, 3.05) is 19.6 Å². The molecule has 0 aliphatic heterocycles. The Labute approximate surface area is 409 Å². The van der Waals surface area contributed by atoms with Gasteiger partial charge >= 0.3 is 11.9 Å². The van der Waals surface area contributed by atoms with Crippen LogP contribution in [0.3, 0.4) is 0 Å². The molecule has 1 aromatic carbocycles. The number of nitrogens with zero attached hydrogens (tertiary/aromatic N) is 2. The number of carboxylic acid groups (broad SMARTS) is 2. The maximum atomic E-state index is 14.0. The number of nitrogens with two attached hydrogens (primary N) is 3. The van der Waals surface area contributed by atoms with Gasteiger partial charge in [0.15, 0.2) is 5.96 Å². The van der Waals surface area contributed by atoms with Crippen molar-refractivity contribution >= 4 is 65.2 Å². The molecule has 0 aliphatic rings. The fraction of sp³-hybridized carbons (Fsp3) is 0.545. The van der Waals surface area contributed by atoms with Crippen LogP contribution >= 0.6 is 0 Å². The molecule has 1 heterocycles. The number of carboxylic acids is 2. The summed E-state index contributed by atoms with van der Waals surface area (Å²) in [5.41, 5.74) is 17.1. The van der Waals surface area contributed by atoms with Crippen molar-refractivity contribution in [2.45, 2.75) is 116 Å². The van der Waals surface area contributed by atoms with Crippen molar-refractivity contribution in [1.82, 2.24) is 52.5 Å². The number of benzene rings is 1. The molecule has 0 unspecified atom stereocenters. The zero-order chi connectivity index (χ0) is 53.5. The quantitative estimate of drug-likeness (QED) is 0.0201. The van der Waals surface area contributed by atoms with Crippen LogP contribution in [0.4, 0.5) is 0 Å². The first-order chi connectivity index (χ1) is 33.3. The number of aromatic hydroxyl groups is 1. The summed E-state index contributed by atoms with van der Waals surface area (Å²) in [6.45, 7) is 8.32. The number of hydrogen-bond acceptors (Lipinski definition) is 14. The molecule has 0 saturated heterocycles. The predicted molar refractivity (Wildman–Crippen MR) is 254 cm³/mol. The zero-order valence-corrected chi connectivity index (χ0v) is 40.4. The Morgan fingerprint density at radius 1 is 0.634 bits per heavy atom. The van der Waals surface area contributed by atoms with Crippen LogP contribution in [0.25, 0.3) is 0 Å². The average Bonchev–Trinajstić information content (AvgIpc) is 3.81. The first kappa shape index (κ1) is 59.3. The molecule has 71 heavy (non-hydrogen) atoms. The lowest BCUT2D eigenvalue weighted by molar-refractivity contribution is -0.143. The third-order valence-corrected chi connectivity index (χ3v) is 10.6. The van der Waals surface area contributed by atoms with Crippen molar-refractivity contribution in [2.24, 2.45) is 39.9 Å². The highest BCUT2D eigenvalue weighted by molar-refractivity contribution is 5.98. The molecule has 0 bridgehead atoms. The van der Waals surface area contributed by atoms with Gasteiger partial charge in [-0.05, 0) is 48.3 Å². The van der Waals surface area contributed by atoms with Crippen molar-refractivity contribution in [3.63, 3.8) is 0 Å². The minimum atomic E-state index is -1.82. The molecule has 27 heteroatoms. The normalized spacial score (nSPS) is 14.0. The molecule has 0 aliphatic carbocycles. The number of aromatic amines is 1. The van der Waals surface area contributed by atoms with Crippen LogP contribution in [0.1, 0.15) is 72.1 Å². The Kier molecular flexibility index (Phi) is 24.4. The Bertz CT molecular complexity index is 2180. The van der Waals surface area contributed by atoms with E-state index in [2.05, 4.69) is 57.5 Å². The number of guanidine groups is 1. The number of aromatic nitrogens is 2. The molecule has 0 fully saturated rings. The van der Waals surface area contributed by atoms with Crippen LogP contribution in [0, 0.1) is 17.8 Å². The standard InChI is InChI=1S/C44H68N14O13/c1-21(2)34(56-31(60)17-45)41(68)54-28(14-24-9-11-26(59)12-10-24)37(64)50-19-32(61)52-30(16-33(62)63)40(67)57-35(22(3)4)42(69)55-29(15-25-18-48-20-51-25)39(66)53-27(8-7-13-49-44(46)47)38(65)58-36(23(5)6)43(70)71/h9-12,18,20-23,27-30,34-36,59H,7-8,13-17,19,45H2,1-6H3,(H,48,51)(H,50,64)(H,52,61)(H,53,66)(H,54,68)(H,55,69)(H,56,60)(H,57,67)(H,58,65)(H,62,63)(H,70,71)(H4,46,47,49)/t27-,28-,29-,30-,34-,35-,36-/m0/s1. The number of H-pyrrole nitrogens is 1. The van der Waals surface area contributed by atoms with Gasteiger partial charge in [-0.1, -0.05) is 53.7 Å². The predicted octanol–water partition coefficient (Wildman–Crippen LogP) is -4.05. The lowest BCUT2D eigenvalue weighted by Gasteiger charge is -2.28. The summed E-state index contributed by atoms with van der Waals surface area (Å²) in [6, 6.07) is -4.20. The molecular weight excluding hydrogens is 933 g/mol. The third-order valence-electron chi connectivity index (χ3n) is 10.6. The van der Waals surface area contributed by atoms with E-state index in [1.54, 1.807) is 27.7 Å². The van der Waals surface area contributed by atoms with Crippen LogP contribution in [0.2, 0.25) is 0 Å². The topological polar surface area (TPSA) is 447 Å². The van der Waals surface area contributed by atoms with Gasteiger partial charge in [-0.2, -0.15) is 0 Å². The van der Waals surface area contributed by atoms with Gasteiger partial charge in [0.25, 0.3) is 0 Å². The summed E-state index contributed by atoms with van der Waals surface area (Å²) in [7, 11) is 0. The summed E-state index contributed by atoms with van der Waals surface area (Å²) < 4.78 is 0. The van der Waals surface area contributed by atoms with Crippen LogP contribution in [0.5, 0.6) is 5.75 Å². The molecule has 8 amide bonds. The third kappa shape index (κ3) is 21.1. The SMILES string of the molecule is CC(C)[C@H](NC(=O)[C@H](CCCN=C(N)N)NC(=O)[C@H](Cc1cnc[nH]1)NC(=O)[C@@H](NC(=O)[C@H](CC(=O)O)NC(=O)CNC(=O)[C@H](Cc1ccc(O)cc1)NC(=O)[C@@H](NC(=O)CN)C(C)C)C(C)C)C(=O)O. The Hall–Kier alpha value is -7.84. The van der Waals surface area contributed by atoms with E-state index in [0.29, 0.717) is 11.3 Å². The molecule has 1 aromatic heterocycles. The second-order valence-corrected chi connectivity index (χ2v) is 17.5. The van der Waals surface area contributed by atoms with Gasteiger partial charge in [0.1, 0.15) is 48.0 Å². The molecule has 27 nitrogen and oxygen atoms in total. The van der Waals surface area contributed by atoms with E-state index in [1.165, 1.54) is 50.6 Å². The van der Waals surface area contributed by atoms with Crippen molar-refractivity contribution in [1.29, 1.82) is 0 Å². The van der Waals surface area contributed by atoms with Crippen LogP contribution < -0.4 is 59.7 Å². The van der Waals surface area contributed by atoms with E-state index in [4.69, 9.17) is 17.2 Å². The summed E-state index contributed by atoms with van der Waals surface area (Å²) in [5.74, 6) is -12.0. The summed E-state index contributed by atoms with van der Waals surface area (Å²) in [4.78, 5) is 142. The van der Waals surface area contributed by atoms with Crippen molar-refractivity contribution < 1.29 is 63.3 Å². The second-order valence-electron chi connectivity index (χ2n) is 17.5. The number of phenols is 1. The number of carbonyl (C=O) groups excluding carboxylic acids is 8. The molecule has 18 N–H and O–H groups in total. The molecule has 0 spiro atoms. The first-order valence-corrected chi connectivity index (χ1v) is 22.7. The van der Waals surface area contributed by atoms with Crippen LogP contribution in [-0.2, 0) is 60.8 Å². The lowest BCUT2D eigenvalue weighted by atomic mass is 10.0. The van der Waals surface area contributed by atoms with E-state index in [-0.39, 0.29) is 43.9 Å². The van der Waals surface area contributed by atoms with Gasteiger partial charge in [-0.25, -0.2) is 9.78 Å². The number of nitrogens with one attached hydrogen (secondary N) is 9. The van der Waals surface area contributed by atoms with Gasteiger partial charge in [-0.15, -0.1) is 0 Å². The molecule has 0 radical (unpaired) electrons. The van der Waals surface area contributed by atoms with Gasteiger partial charge in [0, 0.05) is 31.3 Å². The zero-order valence-electron chi connectivity index (χ0n) is 40.4. The summed E-state index contributed by atoms with van der Waals surface area (Å²) >= 11 is 0. The highest BCUT2D eigenvalue weighted by Gasteiger charge is 2.35. The number of phenolic OH excluding ortho intramolecular Hbond substituents is 1. The van der Waals surface area contributed by atoms with E-state index >= 15 is 0 Å². The van der Waals surface area contributed by atoms with E-state index < -0.39 is 139 Å². The van der Waals surface area contributed by atoms with Gasteiger partial charge in [-0.3, -0.25) is 48.1 Å². The number of carbonyl (C=O) groups is 10. The Morgan fingerprint density at radius 3 is 1.66 bits per heavy atom. The molecule has 2 aromatic rings. The first-order valence-electron chi connectivity index (χ1n) is 22.7. The van der Waals surface area contributed by atoms with Crippen LogP contribution in [0.15, 0.2) is 41.8 Å². The highest BCUT2D eigenvalue weighted by atomic mass is 16.4. The van der Waals surface area contributed by atoms with Crippen molar-refractivity contribution in [3.05, 3.63) is 48.0 Å². The number of imidazole rings is 1. The highest BCUT2D eigenvalue weighted by Crippen LogP contribution is 2.13. The molecule has 392 valence electrons. The molecule has 0 saturated carbocycles. The number of hydrogen-bond donors (Lipinski definition) is 15. The maximum absolute atomic E-state index is 14.0. The number of aliphatic imine (C=N–C) groups is 1. The molecule has 7 atom stereocenters. The fourth-order valence-corrected chi connectivity index (χ4v) is 6.71. The van der Waals surface area contributed by atoms with Crippen molar-refractivity contribution in [3.8, 4) is 5.75 Å². The van der Waals surface area contributed by atoms with Gasteiger partial charge in [0.05, 0.1) is 25.8 Å². The molecular formula is C44H68N14O13. The number of amides is 8. The lowest BCUT2D eigenvalue weighted by Crippen LogP contribution is -2.60. The second kappa shape index (κ2) is 29.2. The van der Waals surface area contributed by atoms with Gasteiger partial charge < -0.3 is 80.0 Å². The Balaban J connectivity index is 2.32. The maximum Gasteiger partial charge on any atom is 0.326 e. The average molecular weight is 1000 g/mol. The van der Waals surface area contributed by atoms with E-state index in [1.807, 2.05) is 0 Å². The minimum Gasteiger partial charge on any atom is -0.508 e. The smallest absolute Gasteiger partial charge is 0.326 e. The molecule has 2 rings (SSSR count). The fourth-order valence-electron chi connectivity index (χ4n) is 6.71.